The Morgan fingerprint density at radius 3 is 3.00 bits per heavy atom. The summed E-state index contributed by atoms with van der Waals surface area (Å²) in [4.78, 5) is 14.0. The zero-order valence-electron chi connectivity index (χ0n) is 11.6. The second-order valence-electron chi connectivity index (χ2n) is 5.05. The molecule has 0 spiro atoms. The third-order valence-corrected chi connectivity index (χ3v) is 3.61. The fourth-order valence-electron chi connectivity index (χ4n) is 2.51. The summed E-state index contributed by atoms with van der Waals surface area (Å²) in [5.41, 5.74) is 0. The Morgan fingerprint density at radius 1 is 1.38 bits per heavy atom. The van der Waals surface area contributed by atoms with Gasteiger partial charge in [0, 0.05) is 19.0 Å². The van der Waals surface area contributed by atoms with Crippen LogP contribution in [0.2, 0.25) is 0 Å². The van der Waals surface area contributed by atoms with Gasteiger partial charge in [-0.1, -0.05) is 23.4 Å². The van der Waals surface area contributed by atoms with E-state index in [2.05, 4.69) is 20.6 Å². The molecule has 1 aromatic carbocycles. The maximum atomic E-state index is 12.2. The van der Waals surface area contributed by atoms with Gasteiger partial charge in [-0.05, 0) is 25.0 Å². The highest BCUT2D eigenvalue weighted by Crippen LogP contribution is 2.23. The maximum absolute atomic E-state index is 12.2. The van der Waals surface area contributed by atoms with Crippen molar-refractivity contribution in [3.05, 3.63) is 36.2 Å². The first-order valence-corrected chi connectivity index (χ1v) is 7.02. The van der Waals surface area contributed by atoms with Gasteiger partial charge < -0.3 is 9.64 Å². The van der Waals surface area contributed by atoms with E-state index in [9.17, 15) is 4.79 Å². The molecule has 21 heavy (non-hydrogen) atoms. The van der Waals surface area contributed by atoms with Crippen molar-refractivity contribution in [1.82, 2.24) is 25.5 Å². The molecule has 7 nitrogen and oxygen atoms in total. The summed E-state index contributed by atoms with van der Waals surface area (Å²) in [6.07, 6.45) is 1.92. The predicted molar refractivity (Wildman–Crippen MR) is 74.7 cm³/mol. The molecule has 0 aliphatic carbocycles. The third-order valence-electron chi connectivity index (χ3n) is 3.61. The Labute approximate surface area is 122 Å². The second-order valence-corrected chi connectivity index (χ2v) is 5.05. The largest absolute Gasteiger partial charge is 0.484 e. The van der Waals surface area contributed by atoms with Crippen LogP contribution in [-0.4, -0.2) is 51.1 Å². The Kier molecular flexibility index (Phi) is 4.09. The third kappa shape index (κ3) is 3.36. The van der Waals surface area contributed by atoms with Gasteiger partial charge in [-0.3, -0.25) is 4.79 Å². The van der Waals surface area contributed by atoms with Crippen LogP contribution in [0.4, 0.5) is 0 Å². The van der Waals surface area contributed by atoms with Crippen molar-refractivity contribution in [3.8, 4) is 5.75 Å². The van der Waals surface area contributed by atoms with Crippen LogP contribution in [0, 0.1) is 0 Å². The average Bonchev–Trinajstić information content (AvgIpc) is 3.08. The number of aromatic nitrogens is 4. The van der Waals surface area contributed by atoms with E-state index in [1.54, 1.807) is 0 Å². The summed E-state index contributed by atoms with van der Waals surface area (Å²) >= 11 is 0. The van der Waals surface area contributed by atoms with Crippen LogP contribution in [0.3, 0.4) is 0 Å². The topological polar surface area (TPSA) is 84.0 Å². The van der Waals surface area contributed by atoms with E-state index >= 15 is 0 Å². The Bertz CT molecular complexity index is 572. The molecule has 0 unspecified atom stereocenters. The van der Waals surface area contributed by atoms with Crippen LogP contribution >= 0.6 is 0 Å². The van der Waals surface area contributed by atoms with Gasteiger partial charge in [0.25, 0.3) is 5.91 Å². The number of nitrogens with zero attached hydrogens (tertiary/aromatic N) is 4. The molecule has 2 heterocycles. The number of nitrogens with one attached hydrogen (secondary N) is 1. The quantitative estimate of drug-likeness (QED) is 0.906. The lowest BCUT2D eigenvalue weighted by atomic mass is 9.97. The number of carbonyl (C=O) groups excluding carboxylic acids is 1. The molecule has 1 saturated heterocycles. The average molecular weight is 287 g/mol. The van der Waals surface area contributed by atoms with Crippen molar-refractivity contribution in [3.63, 3.8) is 0 Å². The number of benzene rings is 1. The van der Waals surface area contributed by atoms with Crippen molar-refractivity contribution in [2.75, 3.05) is 19.7 Å². The summed E-state index contributed by atoms with van der Waals surface area (Å²) in [5.74, 6) is 1.53. The minimum atomic E-state index is -0.00736. The molecule has 1 N–H and O–H groups in total. The monoisotopic (exact) mass is 287 g/mol. The number of tetrazole rings is 1. The highest BCUT2D eigenvalue weighted by molar-refractivity contribution is 5.78. The van der Waals surface area contributed by atoms with Crippen LogP contribution in [-0.2, 0) is 4.79 Å². The van der Waals surface area contributed by atoms with E-state index in [1.807, 2.05) is 35.2 Å². The maximum Gasteiger partial charge on any atom is 0.260 e. The fraction of sp³-hybridized carbons (Fsp3) is 0.429. The smallest absolute Gasteiger partial charge is 0.260 e. The Balaban J connectivity index is 1.55. The highest BCUT2D eigenvalue weighted by atomic mass is 16.5. The lowest BCUT2D eigenvalue weighted by molar-refractivity contribution is -0.134. The minimum absolute atomic E-state index is 0.00736. The Morgan fingerprint density at radius 2 is 2.24 bits per heavy atom. The van der Waals surface area contributed by atoms with Crippen LogP contribution < -0.4 is 4.74 Å². The predicted octanol–water partition coefficient (Wildman–Crippen LogP) is 0.985. The number of para-hydroxylation sites is 1. The molecule has 2 aromatic rings. The summed E-state index contributed by atoms with van der Waals surface area (Å²) in [6, 6.07) is 9.35. The lowest BCUT2D eigenvalue weighted by Crippen LogP contribution is -2.41. The number of rotatable bonds is 4. The van der Waals surface area contributed by atoms with Crippen LogP contribution in [0.1, 0.15) is 24.6 Å². The number of piperidine rings is 1. The molecule has 3 rings (SSSR count). The molecule has 0 saturated carbocycles. The number of aromatic amines is 1. The molecule has 1 aliphatic rings. The lowest BCUT2D eigenvalue weighted by Gasteiger charge is -2.31. The standard InChI is InChI=1S/C14H17N5O2/c20-13(10-21-12-6-2-1-3-7-12)19-8-4-5-11(9-19)14-15-17-18-16-14/h1-3,6-7,11H,4-5,8-10H2,(H,15,16,17,18)/t11-/m0/s1. The number of hydrogen-bond donors (Lipinski definition) is 1. The van der Waals surface area contributed by atoms with Crippen molar-refractivity contribution in [1.29, 1.82) is 0 Å². The van der Waals surface area contributed by atoms with Gasteiger partial charge in [0.05, 0.1) is 0 Å². The molecule has 7 heteroatoms. The second kappa shape index (κ2) is 6.34. The number of amides is 1. The van der Waals surface area contributed by atoms with Gasteiger partial charge in [0.1, 0.15) is 5.75 Å². The normalized spacial score (nSPS) is 18.5. The van der Waals surface area contributed by atoms with Crippen molar-refractivity contribution in [2.24, 2.45) is 0 Å². The first kappa shape index (κ1) is 13.5. The van der Waals surface area contributed by atoms with Crippen LogP contribution in [0.25, 0.3) is 0 Å². The molecule has 0 bridgehead atoms. The number of likely N-dealkylation sites (tertiary alicyclic amines) is 1. The molecule has 110 valence electrons. The van der Waals surface area contributed by atoms with Gasteiger partial charge >= 0.3 is 0 Å². The van der Waals surface area contributed by atoms with Crippen molar-refractivity contribution in [2.45, 2.75) is 18.8 Å². The van der Waals surface area contributed by atoms with Crippen molar-refractivity contribution >= 4 is 5.91 Å². The van der Waals surface area contributed by atoms with Gasteiger partial charge in [-0.2, -0.15) is 5.21 Å². The number of H-pyrrole nitrogens is 1. The molecule has 1 aliphatic heterocycles. The fourth-order valence-corrected chi connectivity index (χ4v) is 2.51. The van der Waals surface area contributed by atoms with E-state index in [0.29, 0.717) is 18.1 Å². The molecule has 1 amide bonds. The van der Waals surface area contributed by atoms with Crippen molar-refractivity contribution < 1.29 is 9.53 Å². The summed E-state index contributed by atoms with van der Waals surface area (Å²) in [5, 5.41) is 14.1. The summed E-state index contributed by atoms with van der Waals surface area (Å²) < 4.78 is 5.51. The molecule has 0 radical (unpaired) electrons. The number of hydrogen-bond acceptors (Lipinski definition) is 5. The first-order chi connectivity index (χ1) is 10.3. The summed E-state index contributed by atoms with van der Waals surface area (Å²) in [7, 11) is 0. The molecular weight excluding hydrogens is 270 g/mol. The van der Waals surface area contributed by atoms with E-state index in [-0.39, 0.29) is 18.4 Å². The van der Waals surface area contributed by atoms with Gasteiger partial charge in [0.2, 0.25) is 0 Å². The minimum Gasteiger partial charge on any atom is -0.484 e. The molecule has 1 aromatic heterocycles. The van der Waals surface area contributed by atoms with E-state index < -0.39 is 0 Å². The molecule has 1 fully saturated rings. The summed E-state index contributed by atoms with van der Waals surface area (Å²) in [6.45, 7) is 1.44. The highest BCUT2D eigenvalue weighted by Gasteiger charge is 2.27. The van der Waals surface area contributed by atoms with Gasteiger partial charge in [-0.15, -0.1) is 10.2 Å². The first-order valence-electron chi connectivity index (χ1n) is 7.02. The SMILES string of the molecule is O=C(COc1ccccc1)N1CCC[C@H](c2nn[nH]n2)C1. The zero-order valence-corrected chi connectivity index (χ0v) is 11.6. The zero-order chi connectivity index (χ0) is 14.5. The van der Waals surface area contributed by atoms with E-state index in [4.69, 9.17) is 4.74 Å². The van der Waals surface area contributed by atoms with E-state index in [0.717, 1.165) is 19.4 Å². The van der Waals surface area contributed by atoms with Crippen LogP contribution in [0.15, 0.2) is 30.3 Å². The van der Waals surface area contributed by atoms with Gasteiger partial charge in [0.15, 0.2) is 12.4 Å². The molecule has 1 atom stereocenters. The van der Waals surface area contributed by atoms with Crippen LogP contribution in [0.5, 0.6) is 5.75 Å². The van der Waals surface area contributed by atoms with Gasteiger partial charge in [-0.25, -0.2) is 0 Å². The molecular formula is C14H17N5O2. The van der Waals surface area contributed by atoms with E-state index in [1.165, 1.54) is 0 Å². The number of carbonyl (C=O) groups is 1. The Hall–Kier alpha value is -2.44. The number of ether oxygens (including phenoxy) is 1.